The van der Waals surface area contributed by atoms with Gasteiger partial charge in [-0.15, -0.1) is 5.06 Å². The highest BCUT2D eigenvalue weighted by molar-refractivity contribution is 7.80. The molecule has 300 valence electrons. The van der Waals surface area contributed by atoms with Crippen LogP contribution in [0, 0.1) is 5.92 Å². The average Bonchev–Trinajstić information content (AvgIpc) is 3.25. The maximum atomic E-state index is 14.5. The molecule has 2 unspecified atom stereocenters. The minimum absolute atomic E-state index is 0.0621. The fourth-order valence-corrected chi connectivity index (χ4v) is 8.26. The van der Waals surface area contributed by atoms with Crippen molar-refractivity contribution in [3.8, 4) is 0 Å². The van der Waals surface area contributed by atoms with E-state index >= 15 is 0 Å². The Kier molecular flexibility index (Phi) is 15.0. The van der Waals surface area contributed by atoms with Crippen LogP contribution in [0.15, 0.2) is 84.9 Å². The van der Waals surface area contributed by atoms with Crippen molar-refractivity contribution >= 4 is 36.3 Å². The predicted molar refractivity (Wildman–Crippen MR) is 222 cm³/mol. The minimum atomic E-state index is -1.20. The molecule has 11 heteroatoms. The maximum absolute atomic E-state index is 14.5. The lowest BCUT2D eigenvalue weighted by Gasteiger charge is -2.55. The van der Waals surface area contributed by atoms with Crippen molar-refractivity contribution < 1.29 is 29.1 Å². The number of hydrogen-bond acceptors (Lipinski definition) is 9. The molecule has 4 atom stereocenters. The number of hydrogen-bond donors (Lipinski definition) is 4. The number of benzene rings is 3. The number of para-hydroxylation sites is 1. The molecular weight excluding hydrogens is 713 g/mol. The zero-order valence-electron chi connectivity index (χ0n) is 33.9. The smallest absolute Gasteiger partial charge is 0.412 e. The second kappa shape index (κ2) is 18.8. The van der Waals surface area contributed by atoms with E-state index in [9.17, 15) is 19.5 Å². The molecule has 3 N–H and O–H groups in total. The van der Waals surface area contributed by atoms with Crippen molar-refractivity contribution in [2.24, 2.45) is 5.92 Å². The van der Waals surface area contributed by atoms with Gasteiger partial charge in [0.1, 0.15) is 17.2 Å². The van der Waals surface area contributed by atoms with Gasteiger partial charge >= 0.3 is 12.1 Å². The number of ether oxygens (including phenoxy) is 1. The molecule has 4 rings (SSSR count). The van der Waals surface area contributed by atoms with Crippen LogP contribution in [0.25, 0.3) is 0 Å². The van der Waals surface area contributed by atoms with Gasteiger partial charge in [-0.3, -0.25) is 15.0 Å². The van der Waals surface area contributed by atoms with E-state index in [4.69, 9.17) is 22.2 Å². The fraction of sp³-hybridized carbons (Fsp3) is 0.523. The first-order valence-corrected chi connectivity index (χ1v) is 20.2. The number of anilines is 1. The van der Waals surface area contributed by atoms with Crippen molar-refractivity contribution in [2.75, 3.05) is 31.3 Å². The number of nitrogens with zero attached hydrogens (tertiary/aromatic N) is 2. The molecular formula is C44H62N4O6S. The number of rotatable bonds is 17. The number of carbonyl (C=O) groups excluding carboxylic acids is 3. The third-order valence-corrected chi connectivity index (χ3v) is 11.7. The highest BCUT2D eigenvalue weighted by Gasteiger charge is 2.55. The number of aliphatic hydroxyl groups is 1. The number of nitrogens with one attached hydrogen (secondary N) is 2. The van der Waals surface area contributed by atoms with Crippen LogP contribution < -0.4 is 10.6 Å². The van der Waals surface area contributed by atoms with E-state index in [0.29, 0.717) is 43.7 Å². The summed E-state index contributed by atoms with van der Waals surface area (Å²) in [6.45, 7) is 14.4. The second-order valence-electron chi connectivity index (χ2n) is 15.9. The molecule has 1 heterocycles. The van der Waals surface area contributed by atoms with E-state index in [1.807, 2.05) is 89.2 Å². The molecule has 1 saturated heterocycles. The topological polar surface area (TPSA) is 120 Å². The van der Waals surface area contributed by atoms with Gasteiger partial charge in [0.2, 0.25) is 5.91 Å². The monoisotopic (exact) mass is 774 g/mol. The van der Waals surface area contributed by atoms with Gasteiger partial charge in [-0.1, -0.05) is 106 Å². The van der Waals surface area contributed by atoms with Gasteiger partial charge in [-0.25, -0.2) is 9.59 Å². The number of thiol groups is 1. The standard InChI is InChI=1S/C44H62N4O6S/c1-9-32(3)43(39(51)45-37(26-30-49)38(50)54-47(43)8)28-27-42(7,10-2)48(29-19-31-55)44(33-20-13-11-14-21-33,34-22-15-12-16-23-34)35-24-17-18-25-36(35)46-40(52)53-41(4,5)6/h11-18,20-25,32,37,49,55H,9-10,19,26-31H2,1-8H3,(H,45,51)(H,46,52)/t32-,37?,42?,43+/m0/s1. The number of carbonyl (C=O) groups is 3. The van der Waals surface area contributed by atoms with Crippen LogP contribution in [0.2, 0.25) is 0 Å². The zero-order valence-corrected chi connectivity index (χ0v) is 34.8. The molecule has 0 aliphatic carbocycles. The SMILES string of the molecule is CC[C@H](C)[C@]1(CCC(C)(CC)N(CCCS)C(c2ccccc2)(c2ccccc2)c2ccccc2NC(=O)OC(C)(C)C)C(=O)NC(CCO)C(=O)ON1C. The average molecular weight is 775 g/mol. The third kappa shape index (κ3) is 9.39. The number of hydroxylamine groups is 2. The van der Waals surface area contributed by atoms with Gasteiger partial charge in [0.25, 0.3) is 0 Å². The van der Waals surface area contributed by atoms with Gasteiger partial charge in [0, 0.05) is 43.4 Å². The lowest BCUT2D eigenvalue weighted by atomic mass is 9.69. The summed E-state index contributed by atoms with van der Waals surface area (Å²) in [6.07, 6.45) is 2.51. The number of likely N-dealkylation sites (N-methyl/N-ethyl adjacent to an activating group) is 1. The molecule has 3 aromatic rings. The fourth-order valence-electron chi connectivity index (χ4n) is 8.12. The molecule has 0 radical (unpaired) electrons. The first-order valence-electron chi connectivity index (χ1n) is 19.6. The molecule has 0 bridgehead atoms. The van der Waals surface area contributed by atoms with E-state index in [-0.39, 0.29) is 24.9 Å². The molecule has 2 amide bonds. The molecule has 1 fully saturated rings. The Labute approximate surface area is 333 Å². The summed E-state index contributed by atoms with van der Waals surface area (Å²) in [5.74, 6) is -0.446. The molecule has 0 saturated carbocycles. The molecule has 10 nitrogen and oxygen atoms in total. The molecule has 1 aliphatic heterocycles. The van der Waals surface area contributed by atoms with Gasteiger partial charge < -0.3 is 20.0 Å². The molecule has 55 heavy (non-hydrogen) atoms. The zero-order chi connectivity index (χ0) is 40.4. The first kappa shape index (κ1) is 43.8. The van der Waals surface area contributed by atoms with Crippen LogP contribution in [-0.2, 0) is 24.7 Å². The lowest BCUT2D eigenvalue weighted by Crippen LogP contribution is -2.63. The van der Waals surface area contributed by atoms with Crippen molar-refractivity contribution in [2.45, 2.75) is 115 Å². The summed E-state index contributed by atoms with van der Waals surface area (Å²) in [5.41, 5.74) is -0.000903. The third-order valence-electron chi connectivity index (χ3n) is 11.4. The Balaban J connectivity index is 2.02. The van der Waals surface area contributed by atoms with Crippen LogP contribution in [0.3, 0.4) is 0 Å². The highest BCUT2D eigenvalue weighted by atomic mass is 32.1. The van der Waals surface area contributed by atoms with E-state index in [1.54, 1.807) is 7.05 Å². The minimum Gasteiger partial charge on any atom is -0.444 e. The summed E-state index contributed by atoms with van der Waals surface area (Å²) in [6, 6.07) is 27.6. The molecule has 0 aromatic heterocycles. The van der Waals surface area contributed by atoms with Crippen molar-refractivity contribution in [1.29, 1.82) is 0 Å². The van der Waals surface area contributed by atoms with Crippen LogP contribution in [0.5, 0.6) is 0 Å². The normalized spacial score (nSPS) is 19.9. The molecule has 1 aliphatic rings. The molecule has 3 aromatic carbocycles. The van der Waals surface area contributed by atoms with Crippen molar-refractivity contribution in [3.05, 3.63) is 102 Å². The van der Waals surface area contributed by atoms with Crippen molar-refractivity contribution in [3.63, 3.8) is 0 Å². The van der Waals surface area contributed by atoms with E-state index in [1.165, 1.54) is 5.06 Å². The summed E-state index contributed by atoms with van der Waals surface area (Å²) in [7, 11) is 1.67. The van der Waals surface area contributed by atoms with Gasteiger partial charge in [0.05, 0.1) is 5.54 Å². The van der Waals surface area contributed by atoms with Crippen LogP contribution in [-0.4, -0.2) is 81.7 Å². The Bertz CT molecular complexity index is 1680. The van der Waals surface area contributed by atoms with E-state index in [0.717, 1.165) is 23.1 Å². The van der Waals surface area contributed by atoms with Gasteiger partial charge in [-0.2, -0.15) is 12.6 Å². The van der Waals surface area contributed by atoms with Crippen LogP contribution >= 0.6 is 12.6 Å². The predicted octanol–water partition coefficient (Wildman–Crippen LogP) is 7.95. The van der Waals surface area contributed by atoms with Gasteiger partial charge in [0.15, 0.2) is 0 Å². The van der Waals surface area contributed by atoms with E-state index in [2.05, 4.69) is 59.7 Å². The number of aliphatic hydroxyl groups excluding tert-OH is 1. The molecule has 0 spiro atoms. The highest BCUT2D eigenvalue weighted by Crippen LogP contribution is 2.51. The Morgan fingerprint density at radius 3 is 2.11 bits per heavy atom. The summed E-state index contributed by atoms with van der Waals surface area (Å²) in [4.78, 5) is 49.6. The Hall–Kier alpha value is -3.90. The first-order chi connectivity index (χ1) is 26.1. The summed E-state index contributed by atoms with van der Waals surface area (Å²) < 4.78 is 5.78. The largest absolute Gasteiger partial charge is 0.444 e. The van der Waals surface area contributed by atoms with Crippen LogP contribution in [0.1, 0.15) is 104 Å². The van der Waals surface area contributed by atoms with Crippen LogP contribution in [0.4, 0.5) is 10.5 Å². The quantitative estimate of drug-likeness (QED) is 0.0807. The summed E-state index contributed by atoms with van der Waals surface area (Å²) >= 11 is 4.71. The Morgan fingerprint density at radius 2 is 1.58 bits per heavy atom. The number of amides is 2. The van der Waals surface area contributed by atoms with Gasteiger partial charge in [-0.05, 0) is 82.2 Å². The lowest BCUT2D eigenvalue weighted by molar-refractivity contribution is -0.217. The maximum Gasteiger partial charge on any atom is 0.412 e. The second-order valence-corrected chi connectivity index (χ2v) is 16.3. The van der Waals surface area contributed by atoms with E-state index < -0.39 is 40.3 Å². The summed E-state index contributed by atoms with van der Waals surface area (Å²) in [5, 5.41) is 17.2. The Morgan fingerprint density at radius 1 is 1.00 bits per heavy atom. The van der Waals surface area contributed by atoms with Crippen molar-refractivity contribution in [1.82, 2.24) is 15.3 Å².